The van der Waals surface area contributed by atoms with E-state index in [1.165, 1.54) is 5.56 Å². The van der Waals surface area contributed by atoms with Crippen molar-refractivity contribution in [3.63, 3.8) is 0 Å². The first-order valence-corrected chi connectivity index (χ1v) is 6.92. The molecule has 1 unspecified atom stereocenters. The molecule has 2 aromatic rings. The summed E-state index contributed by atoms with van der Waals surface area (Å²) in [5, 5.41) is 3.32. The number of nitrogens with one attached hydrogen (secondary N) is 1. The highest BCUT2D eigenvalue weighted by Crippen LogP contribution is 2.24. The van der Waals surface area contributed by atoms with Gasteiger partial charge in [-0.05, 0) is 49.7 Å². The molecule has 0 aliphatic heterocycles. The molecule has 0 fully saturated rings. The molecule has 2 rings (SSSR count). The molecule has 0 radical (unpaired) electrons. The Balaban J connectivity index is 2.27. The molecular weight excluding hydrogens is 250 g/mol. The summed E-state index contributed by atoms with van der Waals surface area (Å²) in [6.07, 6.45) is 6.45. The van der Waals surface area contributed by atoms with Gasteiger partial charge in [-0.3, -0.25) is 9.97 Å². The topological polar surface area (TPSA) is 47.0 Å². The average molecular weight is 271 g/mol. The molecule has 0 amide bonds. The Bertz CT molecular complexity index is 557. The lowest BCUT2D eigenvalue weighted by Gasteiger charge is -2.18. The number of nitrogens with zero attached hydrogens (tertiary/aromatic N) is 2. The van der Waals surface area contributed by atoms with Crippen molar-refractivity contribution < 1.29 is 4.74 Å². The monoisotopic (exact) mass is 271 g/mol. The standard InChI is InChI=1S/C16H21N3O/c1-4-7-20-15-9-14(10-18-11-15)16(17-3)13-5-6-19-12(2)8-13/h5-6,8-11,16-17H,4,7H2,1-3H3. The fourth-order valence-corrected chi connectivity index (χ4v) is 2.17. The predicted octanol–water partition coefficient (Wildman–Crippen LogP) is 2.88. The number of aryl methyl sites for hydroxylation is 1. The van der Waals surface area contributed by atoms with Crippen LogP contribution >= 0.6 is 0 Å². The van der Waals surface area contributed by atoms with E-state index >= 15 is 0 Å². The van der Waals surface area contributed by atoms with Crippen LogP contribution in [-0.4, -0.2) is 23.6 Å². The van der Waals surface area contributed by atoms with Crippen LogP contribution in [0, 0.1) is 6.92 Å². The molecule has 1 atom stereocenters. The van der Waals surface area contributed by atoms with E-state index < -0.39 is 0 Å². The van der Waals surface area contributed by atoms with Crippen molar-refractivity contribution in [3.8, 4) is 5.75 Å². The Morgan fingerprint density at radius 1 is 1.25 bits per heavy atom. The number of rotatable bonds is 6. The molecule has 0 aliphatic carbocycles. The van der Waals surface area contributed by atoms with Crippen LogP contribution in [0.5, 0.6) is 5.75 Å². The minimum atomic E-state index is 0.0920. The third-order valence-electron chi connectivity index (χ3n) is 3.08. The van der Waals surface area contributed by atoms with Crippen LogP contribution in [0.25, 0.3) is 0 Å². The second kappa shape index (κ2) is 7.01. The van der Waals surface area contributed by atoms with Crippen LogP contribution in [0.4, 0.5) is 0 Å². The Kier molecular flexibility index (Phi) is 5.07. The first-order chi connectivity index (χ1) is 9.74. The average Bonchev–Trinajstić information content (AvgIpc) is 2.46. The Labute approximate surface area is 120 Å². The third-order valence-corrected chi connectivity index (χ3v) is 3.08. The van der Waals surface area contributed by atoms with Gasteiger partial charge < -0.3 is 10.1 Å². The molecule has 1 N–H and O–H groups in total. The number of hydrogen-bond donors (Lipinski definition) is 1. The van der Waals surface area contributed by atoms with E-state index in [0.29, 0.717) is 6.61 Å². The summed E-state index contributed by atoms with van der Waals surface area (Å²) in [6, 6.07) is 6.24. The first kappa shape index (κ1) is 14.5. The lowest BCUT2D eigenvalue weighted by molar-refractivity contribution is 0.315. The lowest BCUT2D eigenvalue weighted by Crippen LogP contribution is -2.18. The number of pyridine rings is 2. The van der Waals surface area contributed by atoms with E-state index in [1.54, 1.807) is 6.20 Å². The van der Waals surface area contributed by atoms with Gasteiger partial charge in [-0.1, -0.05) is 6.92 Å². The summed E-state index contributed by atoms with van der Waals surface area (Å²) in [5.74, 6) is 0.815. The van der Waals surface area contributed by atoms with Crippen LogP contribution in [0.3, 0.4) is 0 Å². The van der Waals surface area contributed by atoms with Crippen molar-refractivity contribution in [2.75, 3.05) is 13.7 Å². The van der Waals surface area contributed by atoms with Crippen LogP contribution in [0.2, 0.25) is 0 Å². The largest absolute Gasteiger partial charge is 0.492 e. The van der Waals surface area contributed by atoms with Gasteiger partial charge in [0.15, 0.2) is 0 Å². The van der Waals surface area contributed by atoms with Crippen molar-refractivity contribution in [1.82, 2.24) is 15.3 Å². The Hall–Kier alpha value is -1.94. The lowest BCUT2D eigenvalue weighted by atomic mass is 10.0. The molecule has 0 spiro atoms. The maximum absolute atomic E-state index is 5.65. The minimum absolute atomic E-state index is 0.0920. The highest BCUT2D eigenvalue weighted by molar-refractivity contribution is 5.34. The molecule has 4 nitrogen and oxygen atoms in total. The van der Waals surface area contributed by atoms with Gasteiger partial charge in [-0.15, -0.1) is 0 Å². The molecule has 0 aromatic carbocycles. The van der Waals surface area contributed by atoms with Crippen LogP contribution < -0.4 is 10.1 Å². The molecule has 0 saturated carbocycles. The molecule has 20 heavy (non-hydrogen) atoms. The number of aromatic nitrogens is 2. The van der Waals surface area contributed by atoms with Crippen molar-refractivity contribution >= 4 is 0 Å². The highest BCUT2D eigenvalue weighted by Gasteiger charge is 2.13. The van der Waals surface area contributed by atoms with E-state index in [0.717, 1.165) is 23.4 Å². The van der Waals surface area contributed by atoms with E-state index in [2.05, 4.69) is 28.3 Å². The van der Waals surface area contributed by atoms with Gasteiger partial charge in [-0.2, -0.15) is 0 Å². The molecule has 4 heteroatoms. The van der Waals surface area contributed by atoms with E-state index in [9.17, 15) is 0 Å². The van der Waals surface area contributed by atoms with E-state index in [-0.39, 0.29) is 6.04 Å². The van der Waals surface area contributed by atoms with Gasteiger partial charge >= 0.3 is 0 Å². The normalized spacial score (nSPS) is 12.2. The summed E-state index contributed by atoms with van der Waals surface area (Å²) < 4.78 is 5.65. The number of ether oxygens (including phenoxy) is 1. The minimum Gasteiger partial charge on any atom is -0.492 e. The first-order valence-electron chi connectivity index (χ1n) is 6.92. The molecule has 2 aromatic heterocycles. The van der Waals surface area contributed by atoms with Crippen molar-refractivity contribution in [3.05, 3.63) is 53.6 Å². The van der Waals surface area contributed by atoms with Crippen LogP contribution in [-0.2, 0) is 0 Å². The van der Waals surface area contributed by atoms with E-state index in [4.69, 9.17) is 4.74 Å². The van der Waals surface area contributed by atoms with Crippen molar-refractivity contribution in [2.24, 2.45) is 0 Å². The molecule has 0 aliphatic rings. The van der Waals surface area contributed by atoms with Gasteiger partial charge in [0.05, 0.1) is 18.8 Å². The Morgan fingerprint density at radius 3 is 2.80 bits per heavy atom. The summed E-state index contributed by atoms with van der Waals surface area (Å²) in [5.41, 5.74) is 3.27. The summed E-state index contributed by atoms with van der Waals surface area (Å²) in [7, 11) is 1.94. The number of hydrogen-bond acceptors (Lipinski definition) is 4. The SMILES string of the molecule is CCCOc1cncc(C(NC)c2ccnc(C)c2)c1. The Morgan fingerprint density at radius 2 is 2.10 bits per heavy atom. The van der Waals surface area contributed by atoms with E-state index in [1.807, 2.05) is 38.5 Å². The van der Waals surface area contributed by atoms with Crippen molar-refractivity contribution in [2.45, 2.75) is 26.3 Å². The van der Waals surface area contributed by atoms with Gasteiger partial charge in [0.2, 0.25) is 0 Å². The zero-order valence-corrected chi connectivity index (χ0v) is 12.3. The quantitative estimate of drug-likeness (QED) is 0.877. The fourth-order valence-electron chi connectivity index (χ4n) is 2.17. The van der Waals surface area contributed by atoms with Gasteiger partial charge in [0.25, 0.3) is 0 Å². The summed E-state index contributed by atoms with van der Waals surface area (Å²) >= 11 is 0. The molecule has 0 bridgehead atoms. The smallest absolute Gasteiger partial charge is 0.137 e. The second-order valence-electron chi connectivity index (χ2n) is 4.75. The molecule has 0 saturated heterocycles. The van der Waals surface area contributed by atoms with Gasteiger partial charge in [-0.25, -0.2) is 0 Å². The maximum atomic E-state index is 5.65. The zero-order chi connectivity index (χ0) is 14.4. The van der Waals surface area contributed by atoms with Gasteiger partial charge in [0, 0.05) is 18.1 Å². The highest BCUT2D eigenvalue weighted by atomic mass is 16.5. The maximum Gasteiger partial charge on any atom is 0.137 e. The van der Waals surface area contributed by atoms with Gasteiger partial charge in [0.1, 0.15) is 5.75 Å². The molecule has 106 valence electrons. The predicted molar refractivity (Wildman–Crippen MR) is 79.9 cm³/mol. The second-order valence-corrected chi connectivity index (χ2v) is 4.75. The summed E-state index contributed by atoms with van der Waals surface area (Å²) in [6.45, 7) is 4.80. The third kappa shape index (κ3) is 3.54. The zero-order valence-electron chi connectivity index (χ0n) is 12.3. The molecule has 2 heterocycles. The molecular formula is C16H21N3O. The fraction of sp³-hybridized carbons (Fsp3) is 0.375. The summed E-state index contributed by atoms with van der Waals surface area (Å²) in [4.78, 5) is 8.51. The van der Waals surface area contributed by atoms with Crippen LogP contribution in [0.1, 0.15) is 36.2 Å². The van der Waals surface area contributed by atoms with Crippen LogP contribution in [0.15, 0.2) is 36.8 Å². The van der Waals surface area contributed by atoms with Crippen molar-refractivity contribution in [1.29, 1.82) is 0 Å².